The van der Waals surface area contributed by atoms with E-state index in [4.69, 9.17) is 26.1 Å². The van der Waals surface area contributed by atoms with Gasteiger partial charge in [0, 0.05) is 30.3 Å². The molecule has 1 fully saturated rings. The second-order valence-electron chi connectivity index (χ2n) is 7.59. The molecule has 1 aromatic carbocycles. The number of H-pyrrole nitrogens is 1. The van der Waals surface area contributed by atoms with Gasteiger partial charge in [-0.05, 0) is 56.2 Å². The number of rotatable bonds is 6. The van der Waals surface area contributed by atoms with Crippen molar-refractivity contribution in [3.8, 4) is 17.0 Å². The van der Waals surface area contributed by atoms with Crippen molar-refractivity contribution in [3.05, 3.63) is 58.0 Å². The highest BCUT2D eigenvalue weighted by Crippen LogP contribution is 2.30. The van der Waals surface area contributed by atoms with Crippen molar-refractivity contribution in [2.75, 3.05) is 25.1 Å². The van der Waals surface area contributed by atoms with Crippen molar-refractivity contribution < 1.29 is 9.47 Å². The Morgan fingerprint density at radius 2 is 2.23 bits per heavy atom. The van der Waals surface area contributed by atoms with Gasteiger partial charge < -0.3 is 19.8 Å². The summed E-state index contributed by atoms with van der Waals surface area (Å²) >= 11 is 6.25. The van der Waals surface area contributed by atoms with E-state index in [2.05, 4.69) is 10.3 Å². The fourth-order valence-corrected chi connectivity index (χ4v) is 4.17. The smallest absolute Gasteiger partial charge is 0.258 e. The normalized spacial score (nSPS) is 16.3. The molecule has 1 aliphatic heterocycles. The maximum absolute atomic E-state index is 13.0. The van der Waals surface area contributed by atoms with Crippen LogP contribution in [0, 0.1) is 0 Å². The van der Waals surface area contributed by atoms with E-state index >= 15 is 0 Å². The SMILES string of the molecule is CCOc1ccc2[nH]c(=O)c(-c3nc4ccc(Cl)cn4c3NC[C@H]3CCCO3)cc2c1. The zero-order valence-corrected chi connectivity index (χ0v) is 17.9. The first-order chi connectivity index (χ1) is 15.1. The van der Waals surface area contributed by atoms with E-state index in [0.717, 1.165) is 41.9 Å². The summed E-state index contributed by atoms with van der Waals surface area (Å²) in [5, 5.41) is 4.91. The van der Waals surface area contributed by atoms with E-state index in [-0.39, 0.29) is 11.7 Å². The summed E-state index contributed by atoms with van der Waals surface area (Å²) in [7, 11) is 0. The standard InChI is InChI=1S/C23H23ClN4O3/c1-2-30-16-6-7-19-14(10-16)11-18(23(29)26-19)21-22(25-12-17-4-3-9-31-17)28-13-15(24)5-8-20(28)27-21/h5-8,10-11,13,17,25H,2-4,9,12H2,1H3,(H,26,29)/t17-/m1/s1. The third kappa shape index (κ3) is 3.86. The lowest BCUT2D eigenvalue weighted by molar-refractivity contribution is 0.120. The highest BCUT2D eigenvalue weighted by atomic mass is 35.5. The van der Waals surface area contributed by atoms with Crippen molar-refractivity contribution in [2.45, 2.75) is 25.9 Å². The second kappa shape index (κ2) is 8.24. The zero-order chi connectivity index (χ0) is 21.4. The molecule has 31 heavy (non-hydrogen) atoms. The fourth-order valence-electron chi connectivity index (χ4n) is 4.01. The van der Waals surface area contributed by atoms with Crippen LogP contribution >= 0.6 is 11.6 Å². The number of anilines is 1. The number of fused-ring (bicyclic) bond motifs is 2. The minimum Gasteiger partial charge on any atom is -0.494 e. The maximum Gasteiger partial charge on any atom is 0.258 e. The number of halogens is 1. The van der Waals surface area contributed by atoms with Gasteiger partial charge in [0.2, 0.25) is 0 Å². The average molecular weight is 439 g/mol. The topological polar surface area (TPSA) is 80.7 Å². The molecule has 160 valence electrons. The Kier molecular flexibility index (Phi) is 5.29. The maximum atomic E-state index is 13.0. The first-order valence-corrected chi connectivity index (χ1v) is 10.8. The number of hydrogen-bond donors (Lipinski definition) is 2. The van der Waals surface area contributed by atoms with Crippen LogP contribution in [-0.2, 0) is 4.74 Å². The predicted molar refractivity (Wildman–Crippen MR) is 122 cm³/mol. The molecule has 1 aliphatic rings. The quantitative estimate of drug-likeness (QED) is 0.463. The van der Waals surface area contributed by atoms with Crippen LogP contribution in [0.5, 0.6) is 5.75 Å². The summed E-state index contributed by atoms with van der Waals surface area (Å²) in [6.45, 7) is 3.93. The molecule has 0 aliphatic carbocycles. The van der Waals surface area contributed by atoms with Gasteiger partial charge in [-0.25, -0.2) is 4.98 Å². The van der Waals surface area contributed by atoms with Crippen molar-refractivity contribution >= 4 is 34.0 Å². The average Bonchev–Trinajstić information content (AvgIpc) is 3.40. The van der Waals surface area contributed by atoms with Gasteiger partial charge in [-0.2, -0.15) is 0 Å². The third-order valence-corrected chi connectivity index (χ3v) is 5.71. The van der Waals surface area contributed by atoms with Gasteiger partial charge >= 0.3 is 0 Å². The molecular weight excluding hydrogens is 416 g/mol. The van der Waals surface area contributed by atoms with E-state index in [0.29, 0.717) is 35.1 Å². The number of aromatic amines is 1. The van der Waals surface area contributed by atoms with Gasteiger partial charge in [-0.1, -0.05) is 11.6 Å². The second-order valence-corrected chi connectivity index (χ2v) is 8.03. The predicted octanol–water partition coefficient (Wildman–Crippen LogP) is 4.49. The Bertz CT molecular complexity index is 1310. The molecule has 4 heterocycles. The van der Waals surface area contributed by atoms with E-state index in [9.17, 15) is 4.79 Å². The molecule has 5 rings (SSSR count). The summed E-state index contributed by atoms with van der Waals surface area (Å²) in [5.41, 5.74) is 2.31. The summed E-state index contributed by atoms with van der Waals surface area (Å²) in [6, 6.07) is 11.1. The molecule has 7 nitrogen and oxygen atoms in total. The number of ether oxygens (including phenoxy) is 2. The van der Waals surface area contributed by atoms with E-state index < -0.39 is 0 Å². The van der Waals surface area contributed by atoms with Crippen LogP contribution < -0.4 is 15.6 Å². The first-order valence-electron chi connectivity index (χ1n) is 10.5. The number of pyridine rings is 2. The lowest BCUT2D eigenvalue weighted by Crippen LogP contribution is -2.20. The Morgan fingerprint density at radius 1 is 1.32 bits per heavy atom. The molecule has 8 heteroatoms. The molecular formula is C23H23ClN4O3. The Balaban J connectivity index is 1.64. The van der Waals surface area contributed by atoms with Crippen LogP contribution in [-0.4, -0.2) is 40.2 Å². The van der Waals surface area contributed by atoms with Crippen LogP contribution in [0.3, 0.4) is 0 Å². The lowest BCUT2D eigenvalue weighted by Gasteiger charge is -2.13. The highest BCUT2D eigenvalue weighted by molar-refractivity contribution is 6.30. The van der Waals surface area contributed by atoms with Crippen LogP contribution in [0.25, 0.3) is 27.8 Å². The molecule has 1 atom stereocenters. The monoisotopic (exact) mass is 438 g/mol. The van der Waals surface area contributed by atoms with Crippen molar-refractivity contribution in [1.29, 1.82) is 0 Å². The highest BCUT2D eigenvalue weighted by Gasteiger charge is 2.21. The van der Waals surface area contributed by atoms with Gasteiger partial charge in [-0.15, -0.1) is 0 Å². The molecule has 0 unspecified atom stereocenters. The number of nitrogens with zero attached hydrogens (tertiary/aromatic N) is 2. The molecule has 0 amide bonds. The molecule has 4 aromatic rings. The number of aromatic nitrogens is 3. The third-order valence-electron chi connectivity index (χ3n) is 5.49. The summed E-state index contributed by atoms with van der Waals surface area (Å²) < 4.78 is 13.2. The van der Waals surface area contributed by atoms with Crippen molar-refractivity contribution in [2.24, 2.45) is 0 Å². The van der Waals surface area contributed by atoms with Crippen molar-refractivity contribution in [3.63, 3.8) is 0 Å². The minimum absolute atomic E-state index is 0.140. The number of nitrogens with one attached hydrogen (secondary N) is 2. The van der Waals surface area contributed by atoms with Gasteiger partial charge in [0.25, 0.3) is 5.56 Å². The molecule has 1 saturated heterocycles. The number of hydrogen-bond acceptors (Lipinski definition) is 5. The van der Waals surface area contributed by atoms with Gasteiger partial charge in [0.15, 0.2) is 0 Å². The number of imidazole rings is 1. The summed E-state index contributed by atoms with van der Waals surface area (Å²) in [4.78, 5) is 20.7. The Morgan fingerprint density at radius 3 is 3.03 bits per heavy atom. The molecule has 0 spiro atoms. The summed E-state index contributed by atoms with van der Waals surface area (Å²) in [5.74, 6) is 1.48. The van der Waals surface area contributed by atoms with Crippen LogP contribution in [0.2, 0.25) is 5.02 Å². The van der Waals surface area contributed by atoms with E-state index in [1.165, 1.54) is 0 Å². The minimum atomic E-state index is -0.202. The van der Waals surface area contributed by atoms with E-state index in [1.807, 2.05) is 41.7 Å². The molecule has 0 radical (unpaired) electrons. The van der Waals surface area contributed by atoms with E-state index in [1.54, 1.807) is 12.3 Å². The molecule has 3 aromatic heterocycles. The molecule has 0 saturated carbocycles. The van der Waals surface area contributed by atoms with Crippen LogP contribution in [0.4, 0.5) is 5.82 Å². The first kappa shape index (κ1) is 19.9. The Hall–Kier alpha value is -3.03. The van der Waals surface area contributed by atoms with Crippen molar-refractivity contribution in [1.82, 2.24) is 14.4 Å². The number of benzene rings is 1. The lowest BCUT2D eigenvalue weighted by atomic mass is 10.1. The van der Waals surface area contributed by atoms with Crippen LogP contribution in [0.1, 0.15) is 19.8 Å². The zero-order valence-electron chi connectivity index (χ0n) is 17.2. The fraction of sp³-hybridized carbons (Fsp3) is 0.304. The van der Waals surface area contributed by atoms with Gasteiger partial charge in [0.05, 0.1) is 23.3 Å². The van der Waals surface area contributed by atoms with Gasteiger partial charge in [0.1, 0.15) is 22.9 Å². The van der Waals surface area contributed by atoms with Gasteiger partial charge in [-0.3, -0.25) is 9.20 Å². The van der Waals surface area contributed by atoms with Crippen LogP contribution in [0.15, 0.2) is 47.4 Å². The summed E-state index contributed by atoms with van der Waals surface area (Å²) in [6.07, 6.45) is 4.01. The largest absolute Gasteiger partial charge is 0.494 e. The Labute approximate surface area is 184 Å². The molecule has 0 bridgehead atoms. The molecule has 2 N–H and O–H groups in total.